The van der Waals surface area contributed by atoms with E-state index in [2.05, 4.69) is 56.9 Å². The fourth-order valence-corrected chi connectivity index (χ4v) is 4.53. The second-order valence-electron chi connectivity index (χ2n) is 6.62. The van der Waals surface area contributed by atoms with Gasteiger partial charge in [-0.3, -0.25) is 9.59 Å². The third-order valence-electron chi connectivity index (χ3n) is 4.48. The number of carbonyl (C=O) groups excluding carboxylic acids is 2. The summed E-state index contributed by atoms with van der Waals surface area (Å²) in [5, 5.41) is 0.163. The highest BCUT2D eigenvalue weighted by molar-refractivity contribution is 8.13. The van der Waals surface area contributed by atoms with Gasteiger partial charge in [0.1, 0.15) is 0 Å². The van der Waals surface area contributed by atoms with Crippen LogP contribution in [0.2, 0.25) is 0 Å². The summed E-state index contributed by atoms with van der Waals surface area (Å²) >= 11 is 2.49. The number of benzene rings is 2. The zero-order valence-electron chi connectivity index (χ0n) is 16.8. The number of rotatable bonds is 6. The molecule has 0 unspecified atom stereocenters. The van der Waals surface area contributed by atoms with Gasteiger partial charge in [0.2, 0.25) is 0 Å². The third kappa shape index (κ3) is 5.86. The van der Waals surface area contributed by atoms with E-state index in [1.54, 1.807) is 13.8 Å². The number of carbonyl (C=O) groups is 2. The van der Waals surface area contributed by atoms with Gasteiger partial charge in [0.25, 0.3) is 0 Å². The van der Waals surface area contributed by atoms with Gasteiger partial charge in [-0.05, 0) is 73.1 Å². The molecule has 2 aromatic rings. The van der Waals surface area contributed by atoms with E-state index in [9.17, 15) is 9.59 Å². The Balaban J connectivity index is 2.04. The minimum atomic E-state index is 0.0816. The van der Waals surface area contributed by atoms with Crippen molar-refractivity contribution in [3.63, 3.8) is 0 Å². The van der Waals surface area contributed by atoms with Crippen LogP contribution in [-0.4, -0.2) is 10.2 Å². The predicted molar refractivity (Wildman–Crippen MR) is 123 cm³/mol. The van der Waals surface area contributed by atoms with Gasteiger partial charge in [-0.15, -0.1) is 0 Å². The van der Waals surface area contributed by atoms with Crippen LogP contribution in [0.1, 0.15) is 38.3 Å². The first-order chi connectivity index (χ1) is 14.0. The van der Waals surface area contributed by atoms with Gasteiger partial charge in [0, 0.05) is 29.6 Å². The Labute approximate surface area is 182 Å². The highest BCUT2D eigenvalue weighted by atomic mass is 32.2. The highest BCUT2D eigenvalue weighted by Gasteiger charge is 2.24. The van der Waals surface area contributed by atoms with Gasteiger partial charge in [-0.1, -0.05) is 60.3 Å². The molecule has 2 nitrogen and oxygen atoms in total. The molecule has 5 radical (unpaired) electrons. The highest BCUT2D eigenvalue weighted by Crippen LogP contribution is 2.40. The Morgan fingerprint density at radius 2 is 1.14 bits per heavy atom. The van der Waals surface area contributed by atoms with Crippen LogP contribution < -0.4 is 0 Å². The summed E-state index contributed by atoms with van der Waals surface area (Å²) in [6.45, 7) is 5.33. The maximum atomic E-state index is 11.4. The van der Waals surface area contributed by atoms with E-state index in [0.29, 0.717) is 0 Å². The summed E-state index contributed by atoms with van der Waals surface area (Å²) in [6.07, 6.45) is 9.29. The van der Waals surface area contributed by atoms with Crippen LogP contribution in [-0.2, 0) is 9.59 Å². The molecule has 29 heavy (non-hydrogen) atoms. The van der Waals surface area contributed by atoms with Gasteiger partial charge in [-0.25, -0.2) is 0 Å². The molecule has 0 amide bonds. The third-order valence-corrected chi connectivity index (χ3v) is 6.07. The Bertz CT molecular complexity index is 828. The average Bonchev–Trinajstić information content (AvgIpc) is 3.21. The molecular formula is C25H23O2S2. The van der Waals surface area contributed by atoms with Crippen LogP contribution in [0.3, 0.4) is 0 Å². The molecule has 0 saturated heterocycles. The standard InChI is InChI=1S/C25H23O2S2/c1-4-24(19-7-5-6-8-19)25(20-9-13-22(14-10-20)28-17(2)26)21-11-15-23(16-12-21)29-18(3)27/h5-16H,4H2,1-3H3. The fraction of sp³-hybridized carbons (Fsp3) is 0.160. The molecule has 1 saturated carbocycles. The molecule has 1 aliphatic carbocycles. The lowest BCUT2D eigenvalue weighted by Crippen LogP contribution is -2.03. The Kier molecular flexibility index (Phi) is 7.79. The molecule has 147 valence electrons. The largest absolute Gasteiger partial charge is 0.287 e. The van der Waals surface area contributed by atoms with Gasteiger partial charge in [0.15, 0.2) is 10.2 Å². The molecule has 0 N–H and O–H groups in total. The molecular weight excluding hydrogens is 396 g/mol. The van der Waals surface area contributed by atoms with E-state index in [4.69, 9.17) is 0 Å². The Hall–Kier alpha value is -1.78. The zero-order valence-corrected chi connectivity index (χ0v) is 18.4. The normalized spacial score (nSPS) is 14.0. The molecule has 1 aliphatic rings. The summed E-state index contributed by atoms with van der Waals surface area (Å²) in [6, 6.07) is 16.3. The first-order valence-corrected chi connectivity index (χ1v) is 11.1. The van der Waals surface area contributed by atoms with Crippen molar-refractivity contribution in [2.24, 2.45) is 0 Å². The Morgan fingerprint density at radius 1 is 0.724 bits per heavy atom. The maximum Gasteiger partial charge on any atom is 0.190 e. The summed E-state index contributed by atoms with van der Waals surface area (Å²) in [7, 11) is 0. The molecule has 1 fully saturated rings. The van der Waals surface area contributed by atoms with E-state index < -0.39 is 0 Å². The number of hydrogen-bond acceptors (Lipinski definition) is 4. The number of allylic oxidation sites excluding steroid dienone is 1. The van der Waals surface area contributed by atoms with Crippen molar-refractivity contribution >= 4 is 39.3 Å². The summed E-state index contributed by atoms with van der Waals surface area (Å²) < 4.78 is 0. The minimum absolute atomic E-state index is 0.0816. The second-order valence-corrected chi connectivity index (χ2v) is 9.12. The summed E-state index contributed by atoms with van der Waals surface area (Å²) in [5.41, 5.74) is 4.68. The summed E-state index contributed by atoms with van der Waals surface area (Å²) in [4.78, 5) is 24.7. The maximum absolute atomic E-state index is 11.4. The van der Waals surface area contributed by atoms with Crippen LogP contribution in [0.4, 0.5) is 0 Å². The summed E-state index contributed by atoms with van der Waals surface area (Å²) in [5.74, 6) is 1.21. The monoisotopic (exact) mass is 419 g/mol. The van der Waals surface area contributed by atoms with Crippen molar-refractivity contribution in [1.29, 1.82) is 0 Å². The van der Waals surface area contributed by atoms with Crippen LogP contribution in [0.15, 0.2) is 63.9 Å². The van der Waals surface area contributed by atoms with E-state index in [0.717, 1.165) is 27.3 Å². The van der Waals surface area contributed by atoms with Crippen molar-refractivity contribution in [2.45, 2.75) is 37.0 Å². The van der Waals surface area contributed by atoms with E-state index in [-0.39, 0.29) is 10.2 Å². The molecule has 0 aromatic heterocycles. The van der Waals surface area contributed by atoms with E-state index >= 15 is 0 Å². The zero-order chi connectivity index (χ0) is 20.8. The van der Waals surface area contributed by atoms with Crippen LogP contribution >= 0.6 is 23.5 Å². The van der Waals surface area contributed by atoms with Crippen molar-refractivity contribution in [3.05, 3.63) is 96.8 Å². The first-order valence-electron chi connectivity index (χ1n) is 9.51. The smallest absolute Gasteiger partial charge is 0.190 e. The van der Waals surface area contributed by atoms with Crippen LogP contribution in [0.25, 0.3) is 5.57 Å². The topological polar surface area (TPSA) is 34.1 Å². The fourth-order valence-electron chi connectivity index (χ4n) is 3.33. The van der Waals surface area contributed by atoms with Crippen molar-refractivity contribution in [1.82, 2.24) is 0 Å². The predicted octanol–water partition coefficient (Wildman–Crippen LogP) is 6.58. The van der Waals surface area contributed by atoms with Gasteiger partial charge in [0.05, 0.1) is 0 Å². The molecule has 0 aliphatic heterocycles. The molecule has 0 atom stereocenters. The first kappa shape index (κ1) is 21.9. The molecule has 0 heterocycles. The van der Waals surface area contributed by atoms with Crippen molar-refractivity contribution < 1.29 is 9.59 Å². The van der Waals surface area contributed by atoms with Crippen LogP contribution in [0.5, 0.6) is 0 Å². The van der Waals surface area contributed by atoms with Crippen LogP contribution in [0, 0.1) is 31.6 Å². The average molecular weight is 420 g/mol. The lowest BCUT2D eigenvalue weighted by Gasteiger charge is -2.20. The molecule has 0 bridgehead atoms. The lowest BCUT2D eigenvalue weighted by molar-refractivity contribution is -0.109. The van der Waals surface area contributed by atoms with E-state index in [1.165, 1.54) is 40.6 Å². The van der Waals surface area contributed by atoms with Gasteiger partial charge >= 0.3 is 0 Å². The van der Waals surface area contributed by atoms with Gasteiger partial charge < -0.3 is 0 Å². The van der Waals surface area contributed by atoms with Gasteiger partial charge in [-0.2, -0.15) is 0 Å². The molecule has 4 heteroatoms. The molecule has 2 aromatic carbocycles. The molecule has 0 spiro atoms. The molecule has 3 rings (SSSR count). The van der Waals surface area contributed by atoms with E-state index in [1.807, 2.05) is 24.3 Å². The lowest BCUT2D eigenvalue weighted by atomic mass is 9.84. The van der Waals surface area contributed by atoms with Crippen molar-refractivity contribution in [2.75, 3.05) is 0 Å². The quantitative estimate of drug-likeness (QED) is 0.495. The minimum Gasteiger partial charge on any atom is -0.287 e. The number of thioether (sulfide) groups is 2. The van der Waals surface area contributed by atoms with Crippen molar-refractivity contribution in [3.8, 4) is 0 Å². The second kappa shape index (κ2) is 10.3. The Morgan fingerprint density at radius 3 is 1.48 bits per heavy atom. The SMILES string of the molecule is CCC([C]1[CH][CH][CH][CH]1)=C(c1ccc(SC(C)=O)cc1)c1ccc(SC(C)=O)cc1. The number of hydrogen-bond donors (Lipinski definition) is 0.